The Hall–Kier alpha value is -2.50. The van der Waals surface area contributed by atoms with Gasteiger partial charge >= 0.3 is 0 Å². The van der Waals surface area contributed by atoms with E-state index >= 15 is 0 Å². The van der Waals surface area contributed by atoms with Crippen LogP contribution in [-0.4, -0.2) is 59.4 Å². The minimum Gasteiger partial charge on any atom is -0.311 e. The number of hydrogen-bond acceptors (Lipinski definition) is 6. The van der Waals surface area contributed by atoms with E-state index in [0.717, 1.165) is 50.5 Å². The van der Waals surface area contributed by atoms with Gasteiger partial charge in [-0.1, -0.05) is 36.4 Å². The highest BCUT2D eigenvalue weighted by Crippen LogP contribution is 2.26. The van der Waals surface area contributed by atoms with Gasteiger partial charge in [0.1, 0.15) is 0 Å². The van der Waals surface area contributed by atoms with Crippen LogP contribution in [-0.2, 0) is 13.1 Å². The van der Waals surface area contributed by atoms with Crippen LogP contribution >= 0.6 is 11.3 Å². The number of piperazine rings is 1. The van der Waals surface area contributed by atoms with Crippen LogP contribution in [0.5, 0.6) is 0 Å². The molecule has 0 saturated carbocycles. The average Bonchev–Trinajstić information content (AvgIpc) is 3.47. The summed E-state index contributed by atoms with van der Waals surface area (Å²) in [5.74, 6) is 0. The first kappa shape index (κ1) is 21.7. The summed E-state index contributed by atoms with van der Waals surface area (Å²) in [7, 11) is 2.20. The summed E-state index contributed by atoms with van der Waals surface area (Å²) in [5, 5.41) is 19.6. The molecule has 162 valence electrons. The van der Waals surface area contributed by atoms with Gasteiger partial charge in [-0.2, -0.15) is 10.4 Å². The zero-order chi connectivity index (χ0) is 21.5. The highest BCUT2D eigenvalue weighted by atomic mass is 32.1. The van der Waals surface area contributed by atoms with Crippen molar-refractivity contribution in [2.45, 2.75) is 25.6 Å². The summed E-state index contributed by atoms with van der Waals surface area (Å²) >= 11 is 1.84. The van der Waals surface area contributed by atoms with Crippen molar-refractivity contribution >= 4 is 11.3 Å². The minimum absolute atomic E-state index is 0.391. The van der Waals surface area contributed by atoms with Gasteiger partial charge in [0.15, 0.2) is 0 Å². The second-order valence-corrected chi connectivity index (χ2v) is 9.02. The maximum Gasteiger partial charge on any atom is 0.0968 e. The molecule has 1 atom stereocenters. The third-order valence-corrected chi connectivity index (χ3v) is 6.81. The van der Waals surface area contributed by atoms with Gasteiger partial charge in [0.2, 0.25) is 0 Å². The normalized spacial score (nSPS) is 16.3. The summed E-state index contributed by atoms with van der Waals surface area (Å²) < 4.78 is 1.90. The molecule has 0 spiro atoms. The zero-order valence-electron chi connectivity index (χ0n) is 18.1. The predicted octanol–water partition coefficient (Wildman–Crippen LogP) is 3.60. The summed E-state index contributed by atoms with van der Waals surface area (Å²) in [6, 6.07) is 17.3. The van der Waals surface area contributed by atoms with Crippen LogP contribution in [0, 0.1) is 11.3 Å². The Balaban J connectivity index is 1.47. The van der Waals surface area contributed by atoms with Gasteiger partial charge in [-0.05, 0) is 18.5 Å². The molecule has 31 heavy (non-hydrogen) atoms. The first-order valence-electron chi connectivity index (χ1n) is 10.9. The number of aryl methyl sites for hydroxylation is 1. The molecular formula is C24H30N6S. The van der Waals surface area contributed by atoms with Crippen molar-refractivity contribution < 1.29 is 0 Å². The largest absolute Gasteiger partial charge is 0.311 e. The molecule has 2 aromatic heterocycles. The van der Waals surface area contributed by atoms with Crippen LogP contribution < -0.4 is 5.32 Å². The number of benzene rings is 1. The molecule has 0 aliphatic carbocycles. The van der Waals surface area contributed by atoms with Gasteiger partial charge in [0.05, 0.1) is 30.8 Å². The van der Waals surface area contributed by atoms with Crippen molar-refractivity contribution in [2.75, 3.05) is 39.8 Å². The molecule has 3 heterocycles. The maximum atomic E-state index is 8.94. The van der Waals surface area contributed by atoms with E-state index in [4.69, 9.17) is 10.4 Å². The second-order valence-electron chi connectivity index (χ2n) is 8.04. The number of thiophene rings is 1. The first-order chi connectivity index (χ1) is 15.2. The average molecular weight is 435 g/mol. The molecule has 1 aliphatic heterocycles. The van der Waals surface area contributed by atoms with E-state index < -0.39 is 0 Å². The Kier molecular flexibility index (Phi) is 7.49. The Labute approximate surface area is 188 Å². The number of nitriles is 1. The van der Waals surface area contributed by atoms with Crippen LogP contribution in [0.3, 0.4) is 0 Å². The van der Waals surface area contributed by atoms with Crippen molar-refractivity contribution in [3.8, 4) is 17.3 Å². The number of hydrogen-bond donors (Lipinski definition) is 1. The van der Waals surface area contributed by atoms with Gasteiger partial charge in [-0.3, -0.25) is 9.58 Å². The third kappa shape index (κ3) is 5.60. The van der Waals surface area contributed by atoms with Crippen LogP contribution in [0.1, 0.15) is 22.9 Å². The van der Waals surface area contributed by atoms with Crippen molar-refractivity contribution in [1.29, 1.82) is 5.26 Å². The molecule has 0 radical (unpaired) electrons. The van der Waals surface area contributed by atoms with Crippen LogP contribution in [0.4, 0.5) is 0 Å². The summed E-state index contributed by atoms with van der Waals surface area (Å²) in [6.07, 6.45) is 2.55. The Morgan fingerprint density at radius 2 is 1.94 bits per heavy atom. The van der Waals surface area contributed by atoms with E-state index in [-0.39, 0.29) is 0 Å². The molecule has 1 aromatic carbocycles. The Morgan fingerprint density at radius 1 is 1.13 bits per heavy atom. The molecule has 3 aromatic rings. The molecule has 6 nitrogen and oxygen atoms in total. The lowest BCUT2D eigenvalue weighted by molar-refractivity contribution is 0.111. The topological polar surface area (TPSA) is 60.1 Å². The number of nitrogens with zero attached hydrogens (tertiary/aromatic N) is 5. The van der Waals surface area contributed by atoms with Crippen molar-refractivity contribution in [2.24, 2.45) is 0 Å². The van der Waals surface area contributed by atoms with E-state index in [1.807, 2.05) is 34.2 Å². The monoisotopic (exact) mass is 434 g/mol. The fourth-order valence-corrected chi connectivity index (χ4v) is 4.94. The quantitative estimate of drug-likeness (QED) is 0.558. The number of aromatic nitrogens is 2. The lowest BCUT2D eigenvalue weighted by Crippen LogP contribution is -2.47. The van der Waals surface area contributed by atoms with Gasteiger partial charge in [0, 0.05) is 61.5 Å². The molecule has 7 heteroatoms. The fourth-order valence-electron chi connectivity index (χ4n) is 4.08. The van der Waals surface area contributed by atoms with E-state index in [2.05, 4.69) is 64.1 Å². The zero-order valence-corrected chi connectivity index (χ0v) is 18.9. The van der Waals surface area contributed by atoms with Crippen LogP contribution in [0.2, 0.25) is 0 Å². The van der Waals surface area contributed by atoms with Crippen LogP contribution in [0.15, 0.2) is 54.0 Å². The Bertz CT molecular complexity index is 967. The molecule has 0 amide bonds. The summed E-state index contributed by atoms with van der Waals surface area (Å²) in [4.78, 5) is 6.43. The number of likely N-dealkylation sites (N-methyl/N-ethyl adjacent to an activating group) is 1. The van der Waals surface area contributed by atoms with E-state index in [1.54, 1.807) is 0 Å². The van der Waals surface area contributed by atoms with Crippen LogP contribution in [0.25, 0.3) is 11.3 Å². The molecule has 0 bridgehead atoms. The lowest BCUT2D eigenvalue weighted by Gasteiger charge is -2.37. The van der Waals surface area contributed by atoms with Crippen molar-refractivity contribution in [3.63, 3.8) is 0 Å². The highest BCUT2D eigenvalue weighted by molar-refractivity contribution is 7.10. The molecule has 1 N–H and O–H groups in total. The van der Waals surface area contributed by atoms with Gasteiger partial charge < -0.3 is 10.2 Å². The van der Waals surface area contributed by atoms with Gasteiger partial charge in [-0.25, -0.2) is 0 Å². The molecular weight excluding hydrogens is 404 g/mol. The smallest absolute Gasteiger partial charge is 0.0968 e. The maximum absolute atomic E-state index is 8.94. The standard InChI is InChI=1S/C24H30N6S/c1-28-12-14-29(15-13-28)22(23-9-5-16-31-23)18-26-17-21-19-30(11-6-10-25)27-24(21)20-7-3-2-4-8-20/h2-5,7-9,16,19,22,26H,6,11-15,17-18H2,1H3/t22-/m0/s1. The number of rotatable bonds is 9. The van der Waals surface area contributed by atoms with Gasteiger partial charge in [-0.15, -0.1) is 11.3 Å². The van der Waals surface area contributed by atoms with Crippen molar-refractivity contribution in [3.05, 3.63) is 64.5 Å². The first-order valence-corrected chi connectivity index (χ1v) is 11.8. The Morgan fingerprint density at radius 3 is 2.65 bits per heavy atom. The van der Waals surface area contributed by atoms with Crippen molar-refractivity contribution in [1.82, 2.24) is 24.9 Å². The molecule has 0 unspecified atom stereocenters. The minimum atomic E-state index is 0.391. The molecule has 4 rings (SSSR count). The highest BCUT2D eigenvalue weighted by Gasteiger charge is 2.24. The van der Waals surface area contributed by atoms with E-state index in [0.29, 0.717) is 19.0 Å². The molecule has 1 saturated heterocycles. The molecule has 1 fully saturated rings. The van der Waals surface area contributed by atoms with E-state index in [9.17, 15) is 0 Å². The third-order valence-electron chi connectivity index (χ3n) is 5.84. The lowest BCUT2D eigenvalue weighted by atomic mass is 10.1. The number of nitrogens with one attached hydrogen (secondary N) is 1. The fraction of sp³-hybridized carbons (Fsp3) is 0.417. The van der Waals surface area contributed by atoms with E-state index in [1.165, 1.54) is 10.4 Å². The molecule has 1 aliphatic rings. The van der Waals surface area contributed by atoms with Gasteiger partial charge in [0.25, 0.3) is 0 Å². The second kappa shape index (κ2) is 10.7. The summed E-state index contributed by atoms with van der Waals surface area (Å²) in [5.41, 5.74) is 3.29. The summed E-state index contributed by atoms with van der Waals surface area (Å²) in [6.45, 7) is 6.71. The predicted molar refractivity (Wildman–Crippen MR) is 126 cm³/mol. The SMILES string of the molecule is CN1CCN([C@@H](CNCc2cn(CCC#N)nc2-c2ccccc2)c2cccs2)CC1.